The molecule has 0 unspecified atom stereocenters. The molecule has 0 aliphatic carbocycles. The molecule has 90 valence electrons. The van der Waals surface area contributed by atoms with Crippen molar-refractivity contribution < 1.29 is 4.74 Å². The highest BCUT2D eigenvalue weighted by molar-refractivity contribution is 6.31. The lowest BCUT2D eigenvalue weighted by molar-refractivity contribution is 0.462. The molecule has 0 bridgehead atoms. The minimum atomic E-state index is 0.151. The van der Waals surface area contributed by atoms with E-state index in [9.17, 15) is 0 Å². The minimum absolute atomic E-state index is 0.151. The van der Waals surface area contributed by atoms with E-state index < -0.39 is 0 Å². The topological polar surface area (TPSA) is 71.9 Å². The first-order valence-electron chi connectivity index (χ1n) is 5.21. The zero-order valence-corrected chi connectivity index (χ0v) is 10.4. The zero-order valence-electron chi connectivity index (χ0n) is 9.64. The number of hydrogen-bond acceptors (Lipinski definition) is 4. The number of aromatic nitrogens is 1. The van der Waals surface area contributed by atoms with Crippen LogP contribution in [0.3, 0.4) is 0 Å². The van der Waals surface area contributed by atoms with Crippen LogP contribution in [-0.2, 0) is 0 Å². The summed E-state index contributed by atoms with van der Waals surface area (Å²) in [5, 5.41) is 9.50. The molecule has 0 saturated carbocycles. The number of hydrogen-bond donors (Lipinski definition) is 1. The summed E-state index contributed by atoms with van der Waals surface area (Å²) in [5.41, 5.74) is 6.97. The number of ether oxygens (including phenoxy) is 1. The van der Waals surface area contributed by atoms with Crippen molar-refractivity contribution in [2.24, 2.45) is 0 Å². The lowest BCUT2D eigenvalue weighted by Crippen LogP contribution is -1.96. The van der Waals surface area contributed by atoms with Crippen LogP contribution in [0.25, 0.3) is 0 Å². The van der Waals surface area contributed by atoms with Crippen LogP contribution in [-0.4, -0.2) is 4.98 Å². The molecule has 0 amide bonds. The Bertz CT molecular complexity index is 635. The zero-order chi connectivity index (χ0) is 13.1. The minimum Gasteiger partial charge on any atom is -0.439 e. The van der Waals surface area contributed by atoms with Crippen molar-refractivity contribution >= 4 is 17.3 Å². The van der Waals surface area contributed by atoms with Gasteiger partial charge in [-0.3, -0.25) is 0 Å². The first kappa shape index (κ1) is 12.2. The van der Waals surface area contributed by atoms with Crippen LogP contribution in [0.2, 0.25) is 5.02 Å². The number of nitrogens with two attached hydrogens (primary N) is 1. The summed E-state index contributed by atoms with van der Waals surface area (Å²) >= 11 is 5.92. The molecule has 2 aromatic rings. The molecule has 0 aliphatic heterocycles. The van der Waals surface area contributed by atoms with Gasteiger partial charge in [0.25, 0.3) is 0 Å². The lowest BCUT2D eigenvalue weighted by atomic mass is 10.2. The highest BCUT2D eigenvalue weighted by Gasteiger charge is 2.05. The van der Waals surface area contributed by atoms with E-state index in [0.29, 0.717) is 22.3 Å². The maximum Gasteiger partial charge on any atom is 0.220 e. The molecule has 18 heavy (non-hydrogen) atoms. The van der Waals surface area contributed by atoms with Gasteiger partial charge in [-0.2, -0.15) is 5.26 Å². The van der Waals surface area contributed by atoms with Gasteiger partial charge in [-0.15, -0.1) is 0 Å². The molecule has 1 heterocycles. The average Bonchev–Trinajstić information content (AvgIpc) is 2.36. The Morgan fingerprint density at radius 1 is 1.33 bits per heavy atom. The van der Waals surface area contributed by atoms with Crippen molar-refractivity contribution in [3.05, 3.63) is 46.6 Å². The van der Waals surface area contributed by atoms with Crippen LogP contribution in [0.15, 0.2) is 30.3 Å². The SMILES string of the molecule is Cc1cc(Oc2ccc(N)c(C#N)n2)ccc1Cl. The van der Waals surface area contributed by atoms with E-state index in [1.807, 2.05) is 13.0 Å². The Hall–Kier alpha value is -2.25. The van der Waals surface area contributed by atoms with Gasteiger partial charge in [-0.05, 0) is 36.8 Å². The van der Waals surface area contributed by atoms with Gasteiger partial charge in [0.15, 0.2) is 5.69 Å². The average molecular weight is 260 g/mol. The van der Waals surface area contributed by atoms with Crippen LogP contribution in [0.1, 0.15) is 11.3 Å². The molecule has 0 aliphatic rings. The summed E-state index contributed by atoms with van der Waals surface area (Å²) in [6.07, 6.45) is 0. The molecular weight excluding hydrogens is 250 g/mol. The van der Waals surface area contributed by atoms with E-state index in [-0.39, 0.29) is 5.69 Å². The number of benzene rings is 1. The maximum atomic E-state index is 8.82. The third-order valence-electron chi connectivity index (χ3n) is 2.36. The predicted octanol–water partition coefficient (Wildman–Crippen LogP) is 3.29. The van der Waals surface area contributed by atoms with Gasteiger partial charge in [-0.1, -0.05) is 11.6 Å². The monoisotopic (exact) mass is 259 g/mol. The molecule has 0 saturated heterocycles. The van der Waals surface area contributed by atoms with Crippen LogP contribution in [0, 0.1) is 18.3 Å². The fraction of sp³-hybridized carbons (Fsp3) is 0.0769. The molecular formula is C13H10ClN3O. The van der Waals surface area contributed by atoms with Gasteiger partial charge in [0.1, 0.15) is 11.8 Å². The van der Waals surface area contributed by atoms with Crippen LogP contribution in [0.5, 0.6) is 11.6 Å². The van der Waals surface area contributed by atoms with Crippen molar-refractivity contribution in [2.45, 2.75) is 6.92 Å². The molecule has 1 aromatic heterocycles. The largest absolute Gasteiger partial charge is 0.439 e. The lowest BCUT2D eigenvalue weighted by Gasteiger charge is -2.07. The number of pyridine rings is 1. The van der Waals surface area contributed by atoms with Gasteiger partial charge in [0, 0.05) is 11.1 Å². The van der Waals surface area contributed by atoms with Crippen molar-refractivity contribution in [1.82, 2.24) is 4.98 Å². The Balaban J connectivity index is 2.29. The quantitative estimate of drug-likeness (QED) is 0.898. The summed E-state index contributed by atoms with van der Waals surface area (Å²) in [7, 11) is 0. The van der Waals surface area contributed by atoms with E-state index in [1.54, 1.807) is 30.3 Å². The number of anilines is 1. The third kappa shape index (κ3) is 2.53. The van der Waals surface area contributed by atoms with Gasteiger partial charge in [0.2, 0.25) is 5.88 Å². The van der Waals surface area contributed by atoms with Gasteiger partial charge >= 0.3 is 0 Å². The predicted molar refractivity (Wildman–Crippen MR) is 69.6 cm³/mol. The van der Waals surface area contributed by atoms with E-state index in [0.717, 1.165) is 5.56 Å². The summed E-state index contributed by atoms with van der Waals surface area (Å²) in [6.45, 7) is 1.88. The van der Waals surface area contributed by atoms with Gasteiger partial charge < -0.3 is 10.5 Å². The fourth-order valence-electron chi connectivity index (χ4n) is 1.40. The van der Waals surface area contributed by atoms with Crippen LogP contribution < -0.4 is 10.5 Å². The van der Waals surface area contributed by atoms with Gasteiger partial charge in [-0.25, -0.2) is 4.98 Å². The van der Waals surface area contributed by atoms with Crippen molar-refractivity contribution in [1.29, 1.82) is 5.26 Å². The molecule has 0 fully saturated rings. The Kier molecular flexibility index (Phi) is 3.35. The Labute approximate surface area is 110 Å². The summed E-state index contributed by atoms with van der Waals surface area (Å²) in [5.74, 6) is 0.931. The molecule has 0 radical (unpaired) electrons. The number of rotatable bonds is 2. The normalized spacial score (nSPS) is 9.83. The number of aryl methyl sites for hydroxylation is 1. The van der Waals surface area contributed by atoms with E-state index in [2.05, 4.69) is 4.98 Å². The van der Waals surface area contributed by atoms with Gasteiger partial charge in [0.05, 0.1) is 5.69 Å². The molecule has 0 spiro atoms. The van der Waals surface area contributed by atoms with Crippen molar-refractivity contribution in [2.75, 3.05) is 5.73 Å². The smallest absolute Gasteiger partial charge is 0.220 e. The summed E-state index contributed by atoms with van der Waals surface area (Å²) in [6, 6.07) is 10.4. The Morgan fingerprint density at radius 2 is 2.11 bits per heavy atom. The van der Waals surface area contributed by atoms with E-state index >= 15 is 0 Å². The standard InChI is InChI=1S/C13H10ClN3O/c1-8-6-9(2-3-10(8)14)18-13-5-4-11(16)12(7-15)17-13/h2-6H,16H2,1H3. The molecule has 1 aromatic carbocycles. The molecule has 2 N–H and O–H groups in total. The second kappa shape index (κ2) is 4.94. The molecule has 4 nitrogen and oxygen atoms in total. The third-order valence-corrected chi connectivity index (χ3v) is 2.78. The molecule has 0 atom stereocenters. The molecule has 5 heteroatoms. The summed E-state index contributed by atoms with van der Waals surface area (Å²) < 4.78 is 5.54. The van der Waals surface area contributed by atoms with Crippen molar-refractivity contribution in [3.8, 4) is 17.7 Å². The number of halogens is 1. The number of nitrogens with zero attached hydrogens (tertiary/aromatic N) is 2. The first-order valence-corrected chi connectivity index (χ1v) is 5.58. The van der Waals surface area contributed by atoms with E-state index in [4.69, 9.17) is 27.3 Å². The highest BCUT2D eigenvalue weighted by Crippen LogP contribution is 2.25. The van der Waals surface area contributed by atoms with Crippen molar-refractivity contribution in [3.63, 3.8) is 0 Å². The Morgan fingerprint density at radius 3 is 2.78 bits per heavy atom. The number of nitriles is 1. The first-order chi connectivity index (χ1) is 8.60. The second-order valence-corrected chi connectivity index (χ2v) is 4.12. The maximum absolute atomic E-state index is 8.82. The van der Waals surface area contributed by atoms with E-state index in [1.165, 1.54) is 0 Å². The second-order valence-electron chi connectivity index (χ2n) is 3.71. The fourth-order valence-corrected chi connectivity index (χ4v) is 1.52. The molecule has 2 rings (SSSR count). The highest BCUT2D eigenvalue weighted by atomic mass is 35.5. The number of nitrogen functional groups attached to an aromatic ring is 1. The van der Waals surface area contributed by atoms with Crippen LogP contribution in [0.4, 0.5) is 5.69 Å². The van der Waals surface area contributed by atoms with Crippen LogP contribution >= 0.6 is 11.6 Å². The summed E-state index contributed by atoms with van der Waals surface area (Å²) in [4.78, 5) is 4.00.